The molecule has 0 bridgehead atoms. The molecule has 0 spiro atoms. The third-order valence-electron chi connectivity index (χ3n) is 3.39. The first-order chi connectivity index (χ1) is 9.06. The fourth-order valence-corrected chi connectivity index (χ4v) is 2.29. The molecule has 0 unspecified atom stereocenters. The van der Waals surface area contributed by atoms with E-state index in [4.69, 9.17) is 5.11 Å². The van der Waals surface area contributed by atoms with Gasteiger partial charge in [-0.25, -0.2) is 0 Å². The molecule has 2 rings (SSSR count). The highest BCUT2D eigenvalue weighted by Crippen LogP contribution is 2.25. The van der Waals surface area contributed by atoms with Crippen LogP contribution in [0.25, 0.3) is 6.08 Å². The van der Waals surface area contributed by atoms with Gasteiger partial charge in [0.25, 0.3) is 0 Å². The zero-order valence-corrected chi connectivity index (χ0v) is 10.7. The lowest BCUT2D eigenvalue weighted by Gasteiger charge is -2.10. The number of hydrogen-bond acceptors (Lipinski definition) is 3. The molecule has 1 fully saturated rings. The van der Waals surface area contributed by atoms with Crippen LogP contribution in [0.5, 0.6) is 0 Å². The van der Waals surface area contributed by atoms with Gasteiger partial charge in [-0.2, -0.15) is 5.10 Å². The van der Waals surface area contributed by atoms with Gasteiger partial charge in [-0.05, 0) is 31.4 Å². The Balaban J connectivity index is 1.84. The minimum absolute atomic E-state index is 0.0372. The maximum Gasteiger partial charge on any atom is 0.306 e. The lowest BCUT2D eigenvalue weighted by molar-refractivity contribution is -0.141. The molecular formula is C13H17N3O3. The van der Waals surface area contributed by atoms with Crippen molar-refractivity contribution >= 4 is 18.0 Å². The van der Waals surface area contributed by atoms with Crippen molar-refractivity contribution in [2.75, 3.05) is 0 Å². The number of amides is 1. The first-order valence-electron chi connectivity index (χ1n) is 6.25. The summed E-state index contributed by atoms with van der Waals surface area (Å²) in [7, 11) is 1.80. The van der Waals surface area contributed by atoms with Crippen LogP contribution in [0.15, 0.2) is 18.3 Å². The van der Waals surface area contributed by atoms with Gasteiger partial charge < -0.3 is 10.4 Å². The van der Waals surface area contributed by atoms with E-state index in [1.807, 2.05) is 0 Å². The lowest BCUT2D eigenvalue weighted by atomic mass is 10.1. The highest BCUT2D eigenvalue weighted by atomic mass is 16.4. The summed E-state index contributed by atoms with van der Waals surface area (Å²) < 4.78 is 1.67. The SMILES string of the molecule is Cn1nccc1/C=C/C(=O)N[C@@H]1CC[C@H](C(=O)O)C1. The van der Waals surface area contributed by atoms with Crippen LogP contribution in [0.4, 0.5) is 0 Å². The summed E-state index contributed by atoms with van der Waals surface area (Å²) in [6, 6.07) is 1.77. The molecule has 0 aromatic carbocycles. The third kappa shape index (κ3) is 3.43. The molecule has 0 radical (unpaired) electrons. The largest absolute Gasteiger partial charge is 0.481 e. The Kier molecular flexibility index (Phi) is 3.99. The van der Waals surface area contributed by atoms with Crippen molar-refractivity contribution in [3.63, 3.8) is 0 Å². The Hall–Kier alpha value is -2.11. The van der Waals surface area contributed by atoms with E-state index in [9.17, 15) is 9.59 Å². The van der Waals surface area contributed by atoms with Crippen LogP contribution < -0.4 is 5.32 Å². The predicted octanol–water partition coefficient (Wildman–Crippen LogP) is 0.803. The molecule has 1 aliphatic carbocycles. The van der Waals surface area contributed by atoms with E-state index in [1.165, 1.54) is 6.08 Å². The third-order valence-corrected chi connectivity index (χ3v) is 3.39. The van der Waals surface area contributed by atoms with Crippen LogP contribution in [0.3, 0.4) is 0 Å². The highest BCUT2D eigenvalue weighted by molar-refractivity contribution is 5.91. The van der Waals surface area contributed by atoms with E-state index in [2.05, 4.69) is 10.4 Å². The second-order valence-corrected chi connectivity index (χ2v) is 4.77. The van der Waals surface area contributed by atoms with Crippen molar-refractivity contribution in [1.29, 1.82) is 0 Å². The van der Waals surface area contributed by atoms with Crippen molar-refractivity contribution < 1.29 is 14.7 Å². The zero-order valence-electron chi connectivity index (χ0n) is 10.7. The van der Waals surface area contributed by atoms with Crippen molar-refractivity contribution in [2.45, 2.75) is 25.3 Å². The number of aromatic nitrogens is 2. The minimum Gasteiger partial charge on any atom is -0.481 e. The van der Waals surface area contributed by atoms with Gasteiger partial charge in [0, 0.05) is 25.4 Å². The number of aliphatic carboxylic acids is 1. The summed E-state index contributed by atoms with van der Waals surface area (Å²) in [5.41, 5.74) is 0.838. The Morgan fingerprint density at radius 2 is 2.32 bits per heavy atom. The summed E-state index contributed by atoms with van der Waals surface area (Å²) in [4.78, 5) is 22.5. The van der Waals surface area contributed by atoms with E-state index >= 15 is 0 Å². The van der Waals surface area contributed by atoms with Crippen LogP contribution in [0.2, 0.25) is 0 Å². The van der Waals surface area contributed by atoms with Crippen molar-refractivity contribution in [3.05, 3.63) is 24.0 Å². The minimum atomic E-state index is -0.776. The monoisotopic (exact) mass is 263 g/mol. The lowest BCUT2D eigenvalue weighted by Crippen LogP contribution is -2.31. The van der Waals surface area contributed by atoms with Gasteiger partial charge in [0.2, 0.25) is 5.91 Å². The van der Waals surface area contributed by atoms with E-state index in [-0.39, 0.29) is 17.9 Å². The smallest absolute Gasteiger partial charge is 0.306 e. The topological polar surface area (TPSA) is 84.2 Å². The molecule has 1 aliphatic rings. The molecule has 1 heterocycles. The van der Waals surface area contributed by atoms with Gasteiger partial charge in [-0.1, -0.05) is 0 Å². The molecule has 6 heteroatoms. The number of carboxylic acid groups (broad SMARTS) is 1. The highest BCUT2D eigenvalue weighted by Gasteiger charge is 2.30. The summed E-state index contributed by atoms with van der Waals surface area (Å²) in [5.74, 6) is -1.30. The number of hydrogen-bond donors (Lipinski definition) is 2. The predicted molar refractivity (Wildman–Crippen MR) is 69.1 cm³/mol. The van der Waals surface area contributed by atoms with E-state index in [0.29, 0.717) is 12.8 Å². The molecule has 1 aromatic rings. The van der Waals surface area contributed by atoms with E-state index < -0.39 is 5.97 Å². The second-order valence-electron chi connectivity index (χ2n) is 4.77. The van der Waals surface area contributed by atoms with Crippen LogP contribution in [-0.4, -0.2) is 32.8 Å². The molecule has 102 valence electrons. The summed E-state index contributed by atoms with van der Waals surface area (Å²) >= 11 is 0. The summed E-state index contributed by atoms with van der Waals surface area (Å²) in [6.07, 6.45) is 6.66. The molecule has 1 aromatic heterocycles. The Labute approximate surface area is 111 Å². The number of aryl methyl sites for hydroxylation is 1. The molecule has 2 atom stereocenters. The zero-order chi connectivity index (χ0) is 13.8. The van der Waals surface area contributed by atoms with E-state index in [0.717, 1.165) is 12.1 Å². The molecule has 19 heavy (non-hydrogen) atoms. The van der Waals surface area contributed by atoms with Crippen molar-refractivity contribution in [2.24, 2.45) is 13.0 Å². The van der Waals surface area contributed by atoms with Crippen molar-refractivity contribution in [1.82, 2.24) is 15.1 Å². The maximum absolute atomic E-state index is 11.7. The first kappa shape index (κ1) is 13.3. The average molecular weight is 263 g/mol. The quantitative estimate of drug-likeness (QED) is 0.787. The van der Waals surface area contributed by atoms with Crippen LogP contribution in [0, 0.1) is 5.92 Å². The Bertz CT molecular complexity index is 507. The molecule has 2 N–H and O–H groups in total. The molecule has 1 saturated carbocycles. The normalized spacial score (nSPS) is 22.8. The van der Waals surface area contributed by atoms with Crippen LogP contribution in [-0.2, 0) is 16.6 Å². The second kappa shape index (κ2) is 5.69. The fraction of sp³-hybridized carbons (Fsp3) is 0.462. The van der Waals surface area contributed by atoms with Gasteiger partial charge in [-0.3, -0.25) is 14.3 Å². The Morgan fingerprint density at radius 3 is 2.89 bits per heavy atom. The number of carboxylic acids is 1. The number of carbonyl (C=O) groups excluding carboxylic acids is 1. The molecular weight excluding hydrogens is 246 g/mol. The summed E-state index contributed by atoms with van der Waals surface area (Å²) in [6.45, 7) is 0. The summed E-state index contributed by atoms with van der Waals surface area (Å²) in [5, 5.41) is 15.7. The Morgan fingerprint density at radius 1 is 1.53 bits per heavy atom. The molecule has 1 amide bonds. The van der Waals surface area contributed by atoms with Gasteiger partial charge in [0.1, 0.15) is 0 Å². The average Bonchev–Trinajstić information content (AvgIpc) is 2.96. The first-order valence-corrected chi connectivity index (χ1v) is 6.25. The maximum atomic E-state index is 11.7. The molecule has 0 aliphatic heterocycles. The fourth-order valence-electron chi connectivity index (χ4n) is 2.29. The van der Waals surface area contributed by atoms with Crippen LogP contribution >= 0.6 is 0 Å². The number of carbonyl (C=O) groups is 2. The number of nitrogens with zero attached hydrogens (tertiary/aromatic N) is 2. The van der Waals surface area contributed by atoms with E-state index in [1.54, 1.807) is 30.1 Å². The van der Waals surface area contributed by atoms with Gasteiger partial charge in [0.15, 0.2) is 0 Å². The number of rotatable bonds is 4. The molecule has 6 nitrogen and oxygen atoms in total. The standard InChI is InChI=1S/C13H17N3O3/c1-16-11(6-7-14-16)4-5-12(17)15-10-3-2-9(8-10)13(18)19/h4-7,9-10H,2-3,8H2,1H3,(H,15,17)(H,18,19)/b5-4+/t9-,10+/m0/s1. The van der Waals surface area contributed by atoms with Gasteiger partial charge in [-0.15, -0.1) is 0 Å². The van der Waals surface area contributed by atoms with Gasteiger partial charge >= 0.3 is 5.97 Å². The number of nitrogens with one attached hydrogen (secondary N) is 1. The van der Waals surface area contributed by atoms with Gasteiger partial charge in [0.05, 0.1) is 11.6 Å². The molecule has 0 saturated heterocycles. The van der Waals surface area contributed by atoms with Crippen molar-refractivity contribution in [3.8, 4) is 0 Å². The van der Waals surface area contributed by atoms with Crippen LogP contribution in [0.1, 0.15) is 25.0 Å².